The van der Waals surface area contributed by atoms with Crippen molar-refractivity contribution in [1.82, 2.24) is 5.32 Å². The Morgan fingerprint density at radius 2 is 2.11 bits per heavy atom. The summed E-state index contributed by atoms with van der Waals surface area (Å²) in [6.45, 7) is -1.44. The van der Waals surface area contributed by atoms with Crippen LogP contribution in [0.25, 0.3) is 0 Å². The lowest BCUT2D eigenvalue weighted by Crippen LogP contribution is -2.34. The molecule has 0 radical (unpaired) electrons. The fourth-order valence-corrected chi connectivity index (χ4v) is 1.43. The summed E-state index contributed by atoms with van der Waals surface area (Å²) >= 11 is 0. The molecule has 0 aromatic heterocycles. The third kappa shape index (κ3) is 5.33. The van der Waals surface area contributed by atoms with Gasteiger partial charge in [-0.2, -0.15) is 8.78 Å². The number of halogens is 2. The molecule has 0 aliphatic heterocycles. The molecule has 7 heteroatoms. The predicted molar refractivity (Wildman–Crippen MR) is 62.3 cm³/mol. The van der Waals surface area contributed by atoms with Crippen molar-refractivity contribution in [2.45, 2.75) is 26.0 Å². The number of rotatable bonds is 6. The van der Waals surface area contributed by atoms with Gasteiger partial charge >= 0.3 is 12.6 Å². The maximum absolute atomic E-state index is 12.0. The second kappa shape index (κ2) is 6.67. The number of carbonyl (C=O) groups excluding carboxylic acids is 1. The Balaban J connectivity index is 2.68. The minimum absolute atomic E-state index is 0.121. The molecule has 1 aromatic carbocycles. The van der Waals surface area contributed by atoms with Crippen LogP contribution in [0.1, 0.15) is 23.7 Å². The van der Waals surface area contributed by atoms with Crippen LogP contribution < -0.4 is 10.1 Å². The highest BCUT2D eigenvalue weighted by Crippen LogP contribution is 2.16. The second-order valence-electron chi connectivity index (χ2n) is 3.88. The van der Waals surface area contributed by atoms with Crippen LogP contribution in [0, 0.1) is 0 Å². The van der Waals surface area contributed by atoms with E-state index in [0.717, 1.165) is 6.07 Å². The summed E-state index contributed by atoms with van der Waals surface area (Å²) in [5.74, 6) is -1.72. The van der Waals surface area contributed by atoms with Gasteiger partial charge in [-0.05, 0) is 25.1 Å². The van der Waals surface area contributed by atoms with Crippen molar-refractivity contribution in [3.8, 4) is 5.75 Å². The van der Waals surface area contributed by atoms with Crippen LogP contribution in [0.15, 0.2) is 24.3 Å². The quantitative estimate of drug-likeness (QED) is 0.829. The standard InChI is InChI=1S/C12H13F2NO4/c1-7(5-10(16)17)15-11(18)8-3-2-4-9(6-8)19-12(13)14/h2-4,6-7,12H,5H2,1H3,(H,15,18)(H,16,17). The van der Waals surface area contributed by atoms with E-state index in [9.17, 15) is 18.4 Å². The van der Waals surface area contributed by atoms with Crippen LogP contribution in [-0.4, -0.2) is 29.6 Å². The van der Waals surface area contributed by atoms with Crippen LogP contribution in [-0.2, 0) is 4.79 Å². The van der Waals surface area contributed by atoms with E-state index in [1.807, 2.05) is 0 Å². The first kappa shape index (κ1) is 14.9. The van der Waals surface area contributed by atoms with Crippen molar-refractivity contribution >= 4 is 11.9 Å². The van der Waals surface area contributed by atoms with Gasteiger partial charge in [-0.1, -0.05) is 6.07 Å². The van der Waals surface area contributed by atoms with Crippen molar-refractivity contribution in [3.05, 3.63) is 29.8 Å². The predicted octanol–water partition coefficient (Wildman–Crippen LogP) is 1.88. The smallest absolute Gasteiger partial charge is 0.387 e. The molecule has 1 aromatic rings. The second-order valence-corrected chi connectivity index (χ2v) is 3.88. The summed E-state index contributed by atoms with van der Waals surface area (Å²) in [7, 11) is 0. The molecular formula is C12H13F2NO4. The van der Waals surface area contributed by atoms with Gasteiger partial charge in [0.1, 0.15) is 5.75 Å². The molecule has 0 bridgehead atoms. The number of carboxylic acid groups (broad SMARTS) is 1. The monoisotopic (exact) mass is 273 g/mol. The van der Waals surface area contributed by atoms with E-state index in [2.05, 4.69) is 10.1 Å². The van der Waals surface area contributed by atoms with Crippen molar-refractivity contribution in [2.75, 3.05) is 0 Å². The van der Waals surface area contributed by atoms with E-state index >= 15 is 0 Å². The molecule has 5 nitrogen and oxygen atoms in total. The molecule has 104 valence electrons. The molecule has 1 atom stereocenters. The lowest BCUT2D eigenvalue weighted by molar-refractivity contribution is -0.137. The van der Waals surface area contributed by atoms with Gasteiger partial charge in [0.2, 0.25) is 0 Å². The Morgan fingerprint density at radius 3 is 2.68 bits per heavy atom. The Bertz CT molecular complexity index is 465. The molecule has 0 saturated heterocycles. The highest BCUT2D eigenvalue weighted by molar-refractivity contribution is 5.94. The molecule has 0 fully saturated rings. The zero-order chi connectivity index (χ0) is 14.4. The highest BCUT2D eigenvalue weighted by Gasteiger charge is 2.13. The zero-order valence-corrected chi connectivity index (χ0v) is 10.1. The fourth-order valence-electron chi connectivity index (χ4n) is 1.43. The zero-order valence-electron chi connectivity index (χ0n) is 10.1. The van der Waals surface area contributed by atoms with Crippen LogP contribution >= 0.6 is 0 Å². The molecule has 0 heterocycles. The fraction of sp³-hybridized carbons (Fsp3) is 0.333. The first-order valence-corrected chi connectivity index (χ1v) is 5.46. The summed E-state index contributed by atoms with van der Waals surface area (Å²) < 4.78 is 28.2. The largest absolute Gasteiger partial charge is 0.481 e. The molecule has 1 amide bonds. The first-order chi connectivity index (χ1) is 8.88. The minimum atomic E-state index is -2.97. The normalized spacial score (nSPS) is 12.0. The molecule has 1 rings (SSSR count). The van der Waals surface area contributed by atoms with Gasteiger partial charge < -0.3 is 15.2 Å². The number of carbonyl (C=O) groups is 2. The Hall–Kier alpha value is -2.18. The molecule has 0 spiro atoms. The van der Waals surface area contributed by atoms with E-state index in [4.69, 9.17) is 5.11 Å². The minimum Gasteiger partial charge on any atom is -0.481 e. The van der Waals surface area contributed by atoms with E-state index in [-0.39, 0.29) is 17.7 Å². The van der Waals surface area contributed by atoms with Gasteiger partial charge in [0.05, 0.1) is 6.42 Å². The molecule has 19 heavy (non-hydrogen) atoms. The summed E-state index contributed by atoms with van der Waals surface area (Å²) in [5, 5.41) is 11.0. The lowest BCUT2D eigenvalue weighted by Gasteiger charge is -2.12. The Labute approximate surface area is 108 Å². The maximum Gasteiger partial charge on any atom is 0.387 e. The van der Waals surface area contributed by atoms with Crippen molar-refractivity contribution in [2.24, 2.45) is 0 Å². The molecule has 2 N–H and O–H groups in total. The Kier molecular flexibility index (Phi) is 5.23. The average molecular weight is 273 g/mol. The van der Waals surface area contributed by atoms with Crippen LogP contribution in [0.4, 0.5) is 8.78 Å². The number of alkyl halides is 2. The number of aliphatic carboxylic acids is 1. The van der Waals surface area contributed by atoms with E-state index in [1.165, 1.54) is 25.1 Å². The molecule has 0 aliphatic carbocycles. The van der Waals surface area contributed by atoms with Crippen molar-refractivity contribution in [1.29, 1.82) is 0 Å². The van der Waals surface area contributed by atoms with Crippen LogP contribution in [0.2, 0.25) is 0 Å². The lowest BCUT2D eigenvalue weighted by atomic mass is 10.1. The third-order valence-corrected chi connectivity index (χ3v) is 2.18. The molecule has 0 aliphatic rings. The molecule has 1 unspecified atom stereocenters. The number of hydrogen-bond donors (Lipinski definition) is 2. The SMILES string of the molecule is CC(CC(=O)O)NC(=O)c1cccc(OC(F)F)c1. The number of hydrogen-bond acceptors (Lipinski definition) is 3. The van der Waals surface area contributed by atoms with Crippen LogP contribution in [0.5, 0.6) is 5.75 Å². The number of nitrogens with one attached hydrogen (secondary N) is 1. The number of ether oxygens (including phenoxy) is 1. The van der Waals surface area contributed by atoms with E-state index in [1.54, 1.807) is 0 Å². The van der Waals surface area contributed by atoms with Gasteiger partial charge in [0, 0.05) is 11.6 Å². The van der Waals surface area contributed by atoms with Crippen molar-refractivity contribution < 1.29 is 28.2 Å². The number of amides is 1. The Morgan fingerprint density at radius 1 is 1.42 bits per heavy atom. The van der Waals surface area contributed by atoms with Crippen molar-refractivity contribution in [3.63, 3.8) is 0 Å². The highest BCUT2D eigenvalue weighted by atomic mass is 19.3. The third-order valence-electron chi connectivity index (χ3n) is 2.18. The van der Waals surface area contributed by atoms with E-state index < -0.39 is 24.5 Å². The van der Waals surface area contributed by atoms with Gasteiger partial charge in [-0.3, -0.25) is 9.59 Å². The summed E-state index contributed by atoms with van der Waals surface area (Å²) in [6.07, 6.45) is -0.223. The number of carboxylic acids is 1. The summed E-state index contributed by atoms with van der Waals surface area (Å²) in [4.78, 5) is 22.2. The maximum atomic E-state index is 12.0. The summed E-state index contributed by atoms with van der Waals surface area (Å²) in [5.41, 5.74) is 0.121. The number of benzene rings is 1. The van der Waals surface area contributed by atoms with Gasteiger partial charge in [-0.15, -0.1) is 0 Å². The topological polar surface area (TPSA) is 75.6 Å². The van der Waals surface area contributed by atoms with Gasteiger partial charge in [-0.25, -0.2) is 0 Å². The molecule has 0 saturated carbocycles. The average Bonchev–Trinajstić information content (AvgIpc) is 2.27. The molecular weight excluding hydrogens is 260 g/mol. The first-order valence-electron chi connectivity index (χ1n) is 5.46. The van der Waals surface area contributed by atoms with E-state index in [0.29, 0.717) is 0 Å². The van der Waals surface area contributed by atoms with Crippen LogP contribution in [0.3, 0.4) is 0 Å². The van der Waals surface area contributed by atoms with Gasteiger partial charge in [0.25, 0.3) is 5.91 Å². The van der Waals surface area contributed by atoms with Gasteiger partial charge in [0.15, 0.2) is 0 Å². The summed E-state index contributed by atoms with van der Waals surface area (Å²) in [6, 6.07) is 4.71.